The molecule has 130 valence electrons. The van der Waals surface area contributed by atoms with Crippen LogP contribution >= 0.6 is 11.3 Å². The first-order valence-corrected chi connectivity index (χ1v) is 9.40. The van der Waals surface area contributed by atoms with Crippen molar-refractivity contribution in [1.82, 2.24) is 0 Å². The topological polar surface area (TPSA) is 42.2 Å². The Morgan fingerprint density at radius 3 is 2.69 bits per heavy atom. The first-order valence-electron chi connectivity index (χ1n) is 8.52. The molecule has 0 aliphatic rings. The number of furan rings is 1. The SMILES string of the molecule is Cc1cc2occ(CC(=O)Nc3ccccc3-c3cccs3)c2cc1C. The van der Waals surface area contributed by atoms with E-state index in [0.29, 0.717) is 0 Å². The van der Waals surface area contributed by atoms with Crippen LogP contribution in [0, 0.1) is 13.8 Å². The lowest BCUT2D eigenvalue weighted by molar-refractivity contribution is -0.115. The molecule has 2 aromatic heterocycles. The summed E-state index contributed by atoms with van der Waals surface area (Å²) in [6.07, 6.45) is 1.97. The fourth-order valence-corrected chi connectivity index (χ4v) is 3.85. The minimum atomic E-state index is -0.0464. The van der Waals surface area contributed by atoms with Crippen molar-refractivity contribution in [1.29, 1.82) is 0 Å². The van der Waals surface area contributed by atoms with E-state index < -0.39 is 0 Å². The Bertz CT molecular complexity index is 1080. The van der Waals surface area contributed by atoms with Gasteiger partial charge in [-0.15, -0.1) is 11.3 Å². The highest BCUT2D eigenvalue weighted by Gasteiger charge is 2.14. The number of para-hydroxylation sites is 1. The maximum Gasteiger partial charge on any atom is 0.228 e. The molecule has 4 aromatic rings. The number of thiophene rings is 1. The summed E-state index contributed by atoms with van der Waals surface area (Å²) in [4.78, 5) is 13.8. The monoisotopic (exact) mass is 361 g/mol. The van der Waals surface area contributed by atoms with E-state index in [1.54, 1.807) is 17.6 Å². The predicted octanol–water partition coefficient (Wildman–Crippen LogP) is 5.96. The molecule has 1 N–H and O–H groups in total. The van der Waals surface area contributed by atoms with E-state index in [-0.39, 0.29) is 12.3 Å². The third-order valence-electron chi connectivity index (χ3n) is 4.61. The van der Waals surface area contributed by atoms with Gasteiger partial charge < -0.3 is 9.73 Å². The molecule has 1 amide bonds. The van der Waals surface area contributed by atoms with Crippen molar-refractivity contribution in [3.05, 3.63) is 76.9 Å². The van der Waals surface area contributed by atoms with E-state index in [2.05, 4.69) is 31.3 Å². The van der Waals surface area contributed by atoms with E-state index in [1.807, 2.05) is 41.8 Å². The van der Waals surface area contributed by atoms with Crippen LogP contribution in [-0.4, -0.2) is 5.91 Å². The summed E-state index contributed by atoms with van der Waals surface area (Å²) < 4.78 is 5.64. The van der Waals surface area contributed by atoms with Crippen molar-refractivity contribution in [2.75, 3.05) is 5.32 Å². The fraction of sp³-hybridized carbons (Fsp3) is 0.136. The van der Waals surface area contributed by atoms with E-state index in [9.17, 15) is 4.79 Å². The number of hydrogen-bond acceptors (Lipinski definition) is 3. The Kier molecular flexibility index (Phi) is 4.35. The lowest BCUT2D eigenvalue weighted by Crippen LogP contribution is -2.14. The maximum atomic E-state index is 12.6. The van der Waals surface area contributed by atoms with E-state index in [4.69, 9.17) is 4.42 Å². The molecule has 0 saturated heterocycles. The molecular formula is C22H19NO2S. The highest BCUT2D eigenvalue weighted by atomic mass is 32.1. The number of carbonyl (C=O) groups is 1. The van der Waals surface area contributed by atoms with E-state index in [1.165, 1.54) is 11.1 Å². The zero-order valence-electron chi connectivity index (χ0n) is 14.7. The molecule has 3 nitrogen and oxygen atoms in total. The normalized spacial score (nSPS) is 11.0. The van der Waals surface area contributed by atoms with Gasteiger partial charge in [-0.1, -0.05) is 24.3 Å². The number of hydrogen-bond donors (Lipinski definition) is 1. The fourth-order valence-electron chi connectivity index (χ4n) is 3.08. The molecule has 0 radical (unpaired) electrons. The molecule has 2 heterocycles. The van der Waals surface area contributed by atoms with Crippen molar-refractivity contribution in [2.24, 2.45) is 0 Å². The van der Waals surface area contributed by atoms with Crippen LogP contribution in [0.15, 0.2) is 64.6 Å². The number of nitrogens with one attached hydrogen (secondary N) is 1. The molecule has 0 aliphatic heterocycles. The van der Waals surface area contributed by atoms with Gasteiger partial charge in [0.25, 0.3) is 0 Å². The third kappa shape index (κ3) is 3.16. The summed E-state index contributed by atoms with van der Waals surface area (Å²) in [5.74, 6) is -0.0464. The van der Waals surface area contributed by atoms with Crippen LogP contribution in [0.1, 0.15) is 16.7 Å². The van der Waals surface area contributed by atoms with Gasteiger partial charge in [0, 0.05) is 27.1 Å². The Hall–Kier alpha value is -2.85. The summed E-state index contributed by atoms with van der Waals surface area (Å²) in [6, 6.07) is 16.1. The van der Waals surface area contributed by atoms with Crippen LogP contribution in [0.25, 0.3) is 21.4 Å². The Morgan fingerprint density at radius 2 is 1.88 bits per heavy atom. The van der Waals surface area contributed by atoms with Gasteiger partial charge in [-0.3, -0.25) is 4.79 Å². The van der Waals surface area contributed by atoms with Crippen LogP contribution in [0.3, 0.4) is 0 Å². The largest absolute Gasteiger partial charge is 0.464 e. The molecule has 0 bridgehead atoms. The van der Waals surface area contributed by atoms with E-state index >= 15 is 0 Å². The molecule has 0 atom stereocenters. The standard InChI is InChI=1S/C22H19NO2S/c1-14-10-18-16(13-25-20(18)11-15(14)2)12-22(24)23-19-7-4-3-6-17(19)21-8-5-9-26-21/h3-11,13H,12H2,1-2H3,(H,23,24). The van der Waals surface area contributed by atoms with Gasteiger partial charge in [0.15, 0.2) is 0 Å². The molecule has 0 spiro atoms. The van der Waals surface area contributed by atoms with Gasteiger partial charge in [0.2, 0.25) is 5.91 Å². The van der Waals surface area contributed by atoms with Crippen LogP contribution in [0.5, 0.6) is 0 Å². The number of anilines is 1. The Morgan fingerprint density at radius 1 is 1.08 bits per heavy atom. The molecule has 0 aliphatic carbocycles. The molecule has 0 saturated carbocycles. The highest BCUT2D eigenvalue weighted by molar-refractivity contribution is 7.13. The summed E-state index contributed by atoms with van der Waals surface area (Å²) >= 11 is 1.66. The van der Waals surface area contributed by atoms with Crippen molar-refractivity contribution < 1.29 is 9.21 Å². The predicted molar refractivity (Wildman–Crippen MR) is 108 cm³/mol. The zero-order valence-corrected chi connectivity index (χ0v) is 15.5. The molecule has 26 heavy (non-hydrogen) atoms. The van der Waals surface area contributed by atoms with Gasteiger partial charge >= 0.3 is 0 Å². The van der Waals surface area contributed by atoms with Gasteiger partial charge in [-0.2, -0.15) is 0 Å². The highest BCUT2D eigenvalue weighted by Crippen LogP contribution is 2.31. The van der Waals surface area contributed by atoms with E-state index in [0.717, 1.165) is 32.7 Å². The van der Waals surface area contributed by atoms with Crippen LogP contribution in [0.2, 0.25) is 0 Å². The first kappa shape index (κ1) is 16.6. The van der Waals surface area contributed by atoms with Crippen molar-refractivity contribution in [2.45, 2.75) is 20.3 Å². The van der Waals surface area contributed by atoms with Gasteiger partial charge in [0.1, 0.15) is 5.58 Å². The lowest BCUT2D eigenvalue weighted by atomic mass is 10.0. The average molecular weight is 361 g/mol. The second-order valence-electron chi connectivity index (χ2n) is 6.44. The minimum absolute atomic E-state index is 0.0464. The van der Waals surface area contributed by atoms with Crippen LogP contribution < -0.4 is 5.32 Å². The van der Waals surface area contributed by atoms with Crippen molar-refractivity contribution >= 4 is 33.9 Å². The van der Waals surface area contributed by atoms with Crippen molar-refractivity contribution in [3.8, 4) is 10.4 Å². The van der Waals surface area contributed by atoms with Gasteiger partial charge in [0.05, 0.1) is 12.7 Å². The van der Waals surface area contributed by atoms with Gasteiger partial charge in [-0.05, 0) is 54.6 Å². The molecule has 4 heteroatoms. The number of aryl methyl sites for hydroxylation is 2. The number of rotatable bonds is 4. The minimum Gasteiger partial charge on any atom is -0.464 e. The lowest BCUT2D eigenvalue weighted by Gasteiger charge is -2.09. The second kappa shape index (κ2) is 6.81. The third-order valence-corrected chi connectivity index (χ3v) is 5.51. The van der Waals surface area contributed by atoms with Crippen LogP contribution in [-0.2, 0) is 11.2 Å². The summed E-state index contributed by atoms with van der Waals surface area (Å²) in [7, 11) is 0. The molecule has 0 fully saturated rings. The number of amides is 1. The molecule has 0 unspecified atom stereocenters. The van der Waals surface area contributed by atoms with Gasteiger partial charge in [-0.25, -0.2) is 0 Å². The Balaban J connectivity index is 1.58. The zero-order chi connectivity index (χ0) is 18.1. The van der Waals surface area contributed by atoms with Crippen LogP contribution in [0.4, 0.5) is 5.69 Å². The Labute approximate surface area is 156 Å². The second-order valence-corrected chi connectivity index (χ2v) is 7.39. The first-order chi connectivity index (χ1) is 12.6. The number of benzene rings is 2. The molecular weight excluding hydrogens is 342 g/mol. The number of fused-ring (bicyclic) bond motifs is 1. The van der Waals surface area contributed by atoms with Crippen molar-refractivity contribution in [3.63, 3.8) is 0 Å². The maximum absolute atomic E-state index is 12.6. The number of carbonyl (C=O) groups excluding carboxylic acids is 1. The smallest absolute Gasteiger partial charge is 0.228 e. The summed E-state index contributed by atoms with van der Waals surface area (Å²) in [6.45, 7) is 4.13. The average Bonchev–Trinajstić information content (AvgIpc) is 3.27. The summed E-state index contributed by atoms with van der Waals surface area (Å²) in [5, 5.41) is 6.10. The summed E-state index contributed by atoms with van der Waals surface area (Å²) in [5.41, 5.74) is 6.00. The molecule has 2 aromatic carbocycles. The molecule has 4 rings (SSSR count). The quantitative estimate of drug-likeness (QED) is 0.487.